The van der Waals surface area contributed by atoms with E-state index in [1.165, 1.54) is 21.7 Å². The van der Waals surface area contributed by atoms with Crippen LogP contribution in [0.25, 0.3) is 10.9 Å². The van der Waals surface area contributed by atoms with Gasteiger partial charge in [-0.05, 0) is 110 Å². The number of nitrogens with two attached hydrogens (primary N) is 1. The van der Waals surface area contributed by atoms with Crippen LogP contribution in [0.1, 0.15) is 82.9 Å². The fourth-order valence-electron chi connectivity index (χ4n) is 5.60. The van der Waals surface area contributed by atoms with Crippen molar-refractivity contribution in [3.63, 3.8) is 0 Å². The van der Waals surface area contributed by atoms with E-state index >= 15 is 4.39 Å². The molecule has 0 aliphatic rings. The molecule has 4 amide bonds. The van der Waals surface area contributed by atoms with Gasteiger partial charge in [0.1, 0.15) is 18.0 Å². The molecule has 0 bridgehead atoms. The largest absolute Gasteiger partial charge is 0.444 e. The first-order valence-corrected chi connectivity index (χ1v) is 20.9. The second-order valence-corrected chi connectivity index (χ2v) is 20.8. The molecule has 0 saturated carbocycles. The number of carbonyl (C=O) groups is 4. The zero-order valence-corrected chi connectivity index (χ0v) is 34.2. The molecule has 3 rings (SSSR count). The Bertz CT molecular complexity index is 1800. The molecule has 13 nitrogen and oxygen atoms in total. The molecule has 2 aromatic carbocycles. The van der Waals surface area contributed by atoms with Crippen LogP contribution >= 0.6 is 11.6 Å². The molecule has 0 unspecified atom stereocenters. The molecule has 3 aromatic rings. The summed E-state index contributed by atoms with van der Waals surface area (Å²) in [5.41, 5.74) is 5.79. The number of hydrogen-bond acceptors (Lipinski definition) is 8. The highest BCUT2D eigenvalue weighted by Crippen LogP contribution is 2.40. The third-order valence-electron chi connectivity index (χ3n) is 9.48. The van der Waals surface area contributed by atoms with Crippen molar-refractivity contribution >= 4 is 60.3 Å². The number of nitrogens with one attached hydrogen (secondary N) is 2. The Labute approximate surface area is 317 Å². The number of primary amides is 1. The van der Waals surface area contributed by atoms with E-state index in [1.807, 2.05) is 52.9 Å². The van der Waals surface area contributed by atoms with Gasteiger partial charge in [-0.25, -0.2) is 9.18 Å². The third kappa shape index (κ3) is 12.0. The van der Waals surface area contributed by atoms with E-state index in [2.05, 4.69) is 15.7 Å². The van der Waals surface area contributed by atoms with Gasteiger partial charge in [-0.3, -0.25) is 24.4 Å². The number of fused-ring (bicyclic) bond motifs is 1. The zero-order chi connectivity index (χ0) is 40.1. The van der Waals surface area contributed by atoms with Crippen molar-refractivity contribution < 1.29 is 33.1 Å². The lowest BCUT2D eigenvalue weighted by Crippen LogP contribution is -2.48. The highest BCUT2D eigenvalue weighted by molar-refractivity contribution is 6.72. The molecule has 2 atom stereocenters. The molecule has 1 heterocycles. The van der Waals surface area contributed by atoms with Crippen LogP contribution in [-0.4, -0.2) is 95.3 Å². The molecule has 53 heavy (non-hydrogen) atoms. The number of halogens is 2. The highest BCUT2D eigenvalue weighted by atomic mass is 35.5. The summed E-state index contributed by atoms with van der Waals surface area (Å²) in [6, 6.07) is 8.14. The van der Waals surface area contributed by atoms with Crippen molar-refractivity contribution in [3.05, 3.63) is 58.5 Å². The van der Waals surface area contributed by atoms with E-state index in [4.69, 9.17) is 22.1 Å². The maximum absolute atomic E-state index is 15.2. The summed E-state index contributed by atoms with van der Waals surface area (Å²) < 4.78 is 21.9. The summed E-state index contributed by atoms with van der Waals surface area (Å²) >= 11 is 6.09. The van der Waals surface area contributed by atoms with Gasteiger partial charge < -0.3 is 30.4 Å². The van der Waals surface area contributed by atoms with Crippen molar-refractivity contribution in [2.45, 2.75) is 103 Å². The Balaban J connectivity index is 1.96. The minimum absolute atomic E-state index is 0.0653. The van der Waals surface area contributed by atoms with Crippen LogP contribution in [-0.2, 0) is 20.9 Å². The third-order valence-corrected chi connectivity index (χ3v) is 13.3. The highest BCUT2D eigenvalue weighted by Gasteiger charge is 2.38. The first-order chi connectivity index (χ1) is 24.4. The van der Waals surface area contributed by atoms with Gasteiger partial charge in [-0.15, -0.1) is 0 Å². The van der Waals surface area contributed by atoms with Gasteiger partial charge >= 0.3 is 6.09 Å². The minimum Gasteiger partial charge on any atom is -0.444 e. The topological polar surface area (TPSA) is 172 Å². The fraction of sp³-hybridized carbons (Fsp3) is 0.541. The summed E-state index contributed by atoms with van der Waals surface area (Å²) in [5, 5.41) is 9.76. The van der Waals surface area contributed by atoms with Crippen LogP contribution in [0.3, 0.4) is 0 Å². The van der Waals surface area contributed by atoms with Crippen molar-refractivity contribution in [3.8, 4) is 0 Å². The lowest BCUT2D eigenvalue weighted by molar-refractivity contribution is -0.139. The van der Waals surface area contributed by atoms with Crippen LogP contribution < -0.4 is 16.4 Å². The first-order valence-electron chi connectivity index (χ1n) is 17.6. The van der Waals surface area contributed by atoms with Crippen molar-refractivity contribution in [2.75, 3.05) is 32.5 Å². The Morgan fingerprint density at radius 2 is 1.75 bits per heavy atom. The van der Waals surface area contributed by atoms with E-state index < -0.39 is 55.6 Å². The van der Waals surface area contributed by atoms with E-state index in [1.54, 1.807) is 45.0 Å². The Hall–Kier alpha value is -4.05. The molecule has 0 saturated heterocycles. The first kappa shape index (κ1) is 43.4. The second-order valence-electron chi connectivity index (χ2n) is 15.9. The molecular formula is C37H55ClFN7O6Si. The van der Waals surface area contributed by atoms with Crippen LogP contribution in [0, 0.1) is 5.82 Å². The van der Waals surface area contributed by atoms with E-state index in [-0.39, 0.29) is 34.4 Å². The van der Waals surface area contributed by atoms with Gasteiger partial charge in [-0.2, -0.15) is 5.10 Å². The number of anilines is 1. The standard InChI is InChI=1S/C37H55ClFN7O6Si/c1-23(16-18-37(5,6)53(9,10)51)45(21-30(47)42-28(17-19-44(7)8)25-12-11-13-27(38)32(25)39)31(48)22-46-29-15-14-24(41-35(50)52-36(2,3)4)20-26(29)33(43-46)34(40)49/h11-15,20,23,28,51H,16-19,21-22H2,1-10H3,(H2,40,49)(H,41,50)(H,42,47)/t23-,28+/m1/s1. The predicted molar refractivity (Wildman–Crippen MR) is 208 cm³/mol. The number of amides is 4. The second kappa shape index (κ2) is 17.4. The average Bonchev–Trinajstić information content (AvgIpc) is 3.38. The van der Waals surface area contributed by atoms with Crippen LogP contribution in [0.2, 0.25) is 23.2 Å². The molecule has 0 aliphatic carbocycles. The van der Waals surface area contributed by atoms with E-state index in [9.17, 15) is 24.0 Å². The van der Waals surface area contributed by atoms with Gasteiger partial charge in [0.15, 0.2) is 14.0 Å². The SMILES string of the molecule is C[C@H](CCC(C)(C)[Si](C)(C)O)N(CC(=O)N[C@@H](CCN(C)C)c1cccc(Cl)c1F)C(=O)Cn1nc(C(N)=O)c2cc(NC(=O)OC(C)(C)C)ccc21. The fourth-order valence-corrected chi connectivity index (χ4v) is 6.54. The molecule has 1 aromatic heterocycles. The Kier molecular flexibility index (Phi) is 14.2. The van der Waals surface area contributed by atoms with Gasteiger partial charge in [-0.1, -0.05) is 37.6 Å². The van der Waals surface area contributed by atoms with E-state index in [0.717, 1.165) is 0 Å². The number of rotatable bonds is 16. The van der Waals surface area contributed by atoms with Gasteiger partial charge in [0.25, 0.3) is 5.91 Å². The molecule has 0 spiro atoms. The zero-order valence-electron chi connectivity index (χ0n) is 32.5. The summed E-state index contributed by atoms with van der Waals surface area (Å²) in [4.78, 5) is 67.2. The Morgan fingerprint density at radius 1 is 1.09 bits per heavy atom. The molecule has 16 heteroatoms. The minimum atomic E-state index is -2.59. The summed E-state index contributed by atoms with van der Waals surface area (Å²) in [7, 11) is 1.15. The molecule has 292 valence electrons. The van der Waals surface area contributed by atoms with E-state index in [0.29, 0.717) is 42.4 Å². The monoisotopic (exact) mass is 775 g/mol. The lowest BCUT2D eigenvalue weighted by Gasteiger charge is -2.37. The number of benzene rings is 2. The maximum atomic E-state index is 15.2. The van der Waals surface area contributed by atoms with Crippen molar-refractivity contribution in [1.29, 1.82) is 0 Å². The predicted octanol–water partition coefficient (Wildman–Crippen LogP) is 6.06. The number of aromatic nitrogens is 2. The normalized spacial score (nSPS) is 13.5. The molecule has 0 fully saturated rings. The summed E-state index contributed by atoms with van der Waals surface area (Å²) in [5.74, 6) is -2.44. The van der Waals surface area contributed by atoms with Gasteiger partial charge in [0, 0.05) is 22.7 Å². The lowest BCUT2D eigenvalue weighted by atomic mass is 10.0. The smallest absolute Gasteiger partial charge is 0.412 e. The van der Waals surface area contributed by atoms with Gasteiger partial charge in [0.05, 0.1) is 23.1 Å². The molecule has 0 radical (unpaired) electrons. The molecule has 0 aliphatic heterocycles. The van der Waals surface area contributed by atoms with Crippen molar-refractivity contribution in [2.24, 2.45) is 5.73 Å². The summed E-state index contributed by atoms with van der Waals surface area (Å²) in [6.07, 6.45) is 0.741. The van der Waals surface area contributed by atoms with Crippen LogP contribution in [0.4, 0.5) is 14.9 Å². The number of ether oxygens (including phenoxy) is 1. The Morgan fingerprint density at radius 3 is 2.34 bits per heavy atom. The van der Waals surface area contributed by atoms with Gasteiger partial charge in [0.2, 0.25) is 11.8 Å². The number of nitrogens with zero attached hydrogens (tertiary/aromatic N) is 4. The average molecular weight is 776 g/mol. The summed E-state index contributed by atoms with van der Waals surface area (Å²) in [6.45, 7) is 14.6. The van der Waals surface area contributed by atoms with Crippen molar-refractivity contribution in [1.82, 2.24) is 24.9 Å². The van der Waals surface area contributed by atoms with Crippen LogP contribution in [0.5, 0.6) is 0 Å². The molecular weight excluding hydrogens is 721 g/mol. The maximum Gasteiger partial charge on any atom is 0.412 e. The van der Waals surface area contributed by atoms with Crippen LogP contribution in [0.15, 0.2) is 36.4 Å². The number of hydrogen-bond donors (Lipinski definition) is 4. The quantitative estimate of drug-likeness (QED) is 0.127. The molecule has 5 N–H and O–H groups in total. The number of carbonyl (C=O) groups excluding carboxylic acids is 4.